The monoisotopic (exact) mass is 442 g/mol. The third kappa shape index (κ3) is 2.66. The standard InChI is InChI=1S/C30H50O2/c1-19(2)20-10-15-30(18-31)17-16-28(6)21(25(20)30)8-9-23-27(5)13-12-24(32)26(3,4)22(27)11-14-29(23,28)7/h20-25,31-32H,1,8-18H2,2-7H3/t20?,21-,22-,23+,24?,25+,27+,28-,29-,30-/m1/s1. The van der Waals surface area contributed by atoms with Gasteiger partial charge in [0.2, 0.25) is 0 Å². The molecular weight excluding hydrogens is 392 g/mol. The average molecular weight is 443 g/mol. The summed E-state index contributed by atoms with van der Waals surface area (Å²) < 4.78 is 0. The lowest BCUT2D eigenvalue weighted by atomic mass is 9.32. The van der Waals surface area contributed by atoms with Crippen LogP contribution in [0.15, 0.2) is 12.2 Å². The quantitative estimate of drug-likeness (QED) is 0.452. The topological polar surface area (TPSA) is 40.5 Å². The summed E-state index contributed by atoms with van der Waals surface area (Å²) in [5.41, 5.74) is 2.60. The minimum atomic E-state index is -0.147. The van der Waals surface area contributed by atoms with Crippen molar-refractivity contribution in [2.24, 2.45) is 56.7 Å². The number of aliphatic hydroxyl groups is 2. The molecule has 5 fully saturated rings. The minimum Gasteiger partial charge on any atom is -0.396 e. The zero-order valence-electron chi connectivity index (χ0n) is 21.8. The Bertz CT molecular complexity index is 786. The fraction of sp³-hybridized carbons (Fsp3) is 0.933. The fourth-order valence-corrected chi connectivity index (χ4v) is 11.5. The van der Waals surface area contributed by atoms with E-state index < -0.39 is 0 Å². The number of hydrogen-bond acceptors (Lipinski definition) is 2. The van der Waals surface area contributed by atoms with Crippen LogP contribution in [0.3, 0.4) is 0 Å². The van der Waals surface area contributed by atoms with Crippen molar-refractivity contribution in [1.82, 2.24) is 0 Å². The van der Waals surface area contributed by atoms with Gasteiger partial charge in [0, 0.05) is 6.61 Å². The highest BCUT2D eigenvalue weighted by atomic mass is 16.3. The van der Waals surface area contributed by atoms with E-state index in [2.05, 4.69) is 48.1 Å². The van der Waals surface area contributed by atoms with Crippen LogP contribution in [0.2, 0.25) is 0 Å². The lowest BCUT2D eigenvalue weighted by Gasteiger charge is -2.73. The highest BCUT2D eigenvalue weighted by Gasteiger charge is 2.70. The van der Waals surface area contributed by atoms with E-state index in [0.29, 0.717) is 40.6 Å². The Morgan fingerprint density at radius 2 is 1.53 bits per heavy atom. The Hall–Kier alpha value is -0.340. The van der Waals surface area contributed by atoms with Crippen molar-refractivity contribution in [2.45, 2.75) is 112 Å². The van der Waals surface area contributed by atoms with Gasteiger partial charge in [-0.05, 0) is 128 Å². The first-order chi connectivity index (χ1) is 14.9. The molecule has 0 aliphatic heterocycles. The van der Waals surface area contributed by atoms with Gasteiger partial charge in [0.05, 0.1) is 6.10 Å². The van der Waals surface area contributed by atoms with Crippen molar-refractivity contribution >= 4 is 0 Å². The first-order valence-electron chi connectivity index (χ1n) is 13.8. The van der Waals surface area contributed by atoms with E-state index in [0.717, 1.165) is 18.3 Å². The molecule has 5 saturated carbocycles. The van der Waals surface area contributed by atoms with Crippen LogP contribution in [0.5, 0.6) is 0 Å². The summed E-state index contributed by atoms with van der Waals surface area (Å²) in [6.45, 7) is 19.7. The molecule has 0 saturated heterocycles. The van der Waals surface area contributed by atoms with Gasteiger partial charge in [0.1, 0.15) is 0 Å². The summed E-state index contributed by atoms with van der Waals surface area (Å²) in [5.74, 6) is 3.33. The summed E-state index contributed by atoms with van der Waals surface area (Å²) in [6, 6.07) is 0. The van der Waals surface area contributed by atoms with E-state index in [1.807, 2.05) is 0 Å². The minimum absolute atomic E-state index is 0.0290. The van der Waals surface area contributed by atoms with E-state index in [1.165, 1.54) is 63.4 Å². The van der Waals surface area contributed by atoms with Gasteiger partial charge < -0.3 is 10.2 Å². The number of fused-ring (bicyclic) bond motifs is 7. The first kappa shape index (κ1) is 23.4. The van der Waals surface area contributed by atoms with Crippen LogP contribution in [0.1, 0.15) is 106 Å². The molecular formula is C30H50O2. The van der Waals surface area contributed by atoms with Crippen LogP contribution in [-0.2, 0) is 0 Å². The normalized spacial score (nSPS) is 56.5. The summed E-state index contributed by atoms with van der Waals surface area (Å²) in [5, 5.41) is 21.5. The van der Waals surface area contributed by atoms with Gasteiger partial charge in [-0.1, -0.05) is 46.8 Å². The molecule has 0 heterocycles. The second kappa shape index (κ2) is 7.09. The molecule has 182 valence electrons. The predicted octanol–water partition coefficient (Wildman–Crippen LogP) is 7.00. The molecule has 0 radical (unpaired) electrons. The number of rotatable bonds is 2. The molecule has 2 nitrogen and oxygen atoms in total. The Morgan fingerprint density at radius 3 is 2.19 bits per heavy atom. The van der Waals surface area contributed by atoms with Crippen molar-refractivity contribution in [2.75, 3.05) is 6.61 Å². The van der Waals surface area contributed by atoms with E-state index in [-0.39, 0.29) is 16.9 Å². The molecule has 0 aromatic carbocycles. The molecule has 5 aliphatic carbocycles. The number of allylic oxidation sites excluding steroid dienone is 1. The third-order valence-electron chi connectivity index (χ3n) is 13.5. The van der Waals surface area contributed by atoms with Crippen LogP contribution in [0.4, 0.5) is 0 Å². The zero-order chi connectivity index (χ0) is 23.3. The molecule has 10 atom stereocenters. The maximum atomic E-state index is 10.9. The Morgan fingerprint density at radius 1 is 0.812 bits per heavy atom. The molecule has 2 heteroatoms. The summed E-state index contributed by atoms with van der Waals surface area (Å²) in [6.07, 6.45) is 12.2. The van der Waals surface area contributed by atoms with Gasteiger partial charge in [0.25, 0.3) is 0 Å². The molecule has 32 heavy (non-hydrogen) atoms. The lowest BCUT2D eigenvalue weighted by molar-refractivity contribution is -0.249. The van der Waals surface area contributed by atoms with Crippen LogP contribution >= 0.6 is 0 Å². The number of aliphatic hydroxyl groups excluding tert-OH is 2. The molecule has 0 aromatic heterocycles. The zero-order valence-corrected chi connectivity index (χ0v) is 21.8. The van der Waals surface area contributed by atoms with E-state index in [4.69, 9.17) is 0 Å². The number of hydrogen-bond donors (Lipinski definition) is 2. The predicted molar refractivity (Wildman–Crippen MR) is 132 cm³/mol. The van der Waals surface area contributed by atoms with Crippen LogP contribution in [0, 0.1) is 56.7 Å². The van der Waals surface area contributed by atoms with Crippen molar-refractivity contribution < 1.29 is 10.2 Å². The smallest absolute Gasteiger partial charge is 0.0594 e. The molecule has 0 amide bonds. The molecule has 2 unspecified atom stereocenters. The van der Waals surface area contributed by atoms with Gasteiger partial charge in [-0.3, -0.25) is 0 Å². The van der Waals surface area contributed by atoms with Crippen molar-refractivity contribution in [1.29, 1.82) is 0 Å². The van der Waals surface area contributed by atoms with Gasteiger partial charge in [0.15, 0.2) is 0 Å². The van der Waals surface area contributed by atoms with E-state index in [1.54, 1.807) is 0 Å². The second-order valence-corrected chi connectivity index (χ2v) is 14.6. The Kier molecular flexibility index (Phi) is 5.19. The fourth-order valence-electron chi connectivity index (χ4n) is 11.5. The van der Waals surface area contributed by atoms with E-state index >= 15 is 0 Å². The molecule has 0 spiro atoms. The second-order valence-electron chi connectivity index (χ2n) is 14.6. The Labute approximate surface area is 197 Å². The van der Waals surface area contributed by atoms with Gasteiger partial charge >= 0.3 is 0 Å². The van der Waals surface area contributed by atoms with Crippen molar-refractivity contribution in [3.8, 4) is 0 Å². The van der Waals surface area contributed by atoms with E-state index in [9.17, 15) is 10.2 Å². The molecule has 0 bridgehead atoms. The SMILES string of the molecule is C=C(C)C1CC[C@]2(CO)CC[C@]3(C)[C@H](CC[C@H]4[C@@]5(C)CCC(O)C(C)(C)[C@H]5CC[C@]43C)[C@H]12. The first-order valence-corrected chi connectivity index (χ1v) is 13.8. The van der Waals surface area contributed by atoms with Gasteiger partial charge in [-0.2, -0.15) is 0 Å². The average Bonchev–Trinajstić information content (AvgIpc) is 3.12. The van der Waals surface area contributed by atoms with Gasteiger partial charge in [-0.15, -0.1) is 0 Å². The molecule has 0 aromatic rings. The summed E-state index contributed by atoms with van der Waals surface area (Å²) in [4.78, 5) is 0. The third-order valence-corrected chi connectivity index (χ3v) is 13.5. The highest BCUT2D eigenvalue weighted by Crippen LogP contribution is 2.77. The lowest BCUT2D eigenvalue weighted by Crippen LogP contribution is -2.66. The van der Waals surface area contributed by atoms with Crippen molar-refractivity contribution in [3.05, 3.63) is 12.2 Å². The van der Waals surface area contributed by atoms with Crippen molar-refractivity contribution in [3.63, 3.8) is 0 Å². The molecule has 5 rings (SSSR count). The van der Waals surface area contributed by atoms with Crippen LogP contribution in [-0.4, -0.2) is 22.9 Å². The summed E-state index contributed by atoms with van der Waals surface area (Å²) >= 11 is 0. The van der Waals surface area contributed by atoms with Crippen LogP contribution in [0.25, 0.3) is 0 Å². The maximum absolute atomic E-state index is 10.9. The molecule has 2 N–H and O–H groups in total. The Balaban J connectivity index is 1.55. The molecule has 5 aliphatic rings. The highest BCUT2D eigenvalue weighted by molar-refractivity contribution is 5.21. The van der Waals surface area contributed by atoms with Gasteiger partial charge in [-0.25, -0.2) is 0 Å². The summed E-state index contributed by atoms with van der Waals surface area (Å²) in [7, 11) is 0. The van der Waals surface area contributed by atoms with Crippen LogP contribution < -0.4 is 0 Å². The maximum Gasteiger partial charge on any atom is 0.0594 e. The largest absolute Gasteiger partial charge is 0.396 e.